The summed E-state index contributed by atoms with van der Waals surface area (Å²) in [5.41, 5.74) is 0.201. The molecule has 0 aliphatic carbocycles. The van der Waals surface area contributed by atoms with Crippen molar-refractivity contribution in [2.75, 3.05) is 11.9 Å². The quantitative estimate of drug-likeness (QED) is 0.396. The van der Waals surface area contributed by atoms with E-state index in [9.17, 15) is 24.6 Å². The van der Waals surface area contributed by atoms with Gasteiger partial charge in [0.2, 0.25) is 5.91 Å². The number of alkyl carbamates (subject to hydrolysis) is 1. The predicted molar refractivity (Wildman–Crippen MR) is 142 cm³/mol. The zero-order valence-electron chi connectivity index (χ0n) is 22.7. The molecule has 2 rings (SSSR count). The van der Waals surface area contributed by atoms with Gasteiger partial charge < -0.3 is 30.5 Å². The molecule has 3 amide bonds. The number of phenolic OH excluding ortho intramolecular Hbond substituents is 1. The number of ether oxygens (including phenoxy) is 1. The first-order valence-corrected chi connectivity index (χ1v) is 12.3. The number of phenols is 1. The third-order valence-corrected chi connectivity index (χ3v) is 6.04. The normalized spacial score (nSPS) is 13.3. The second kappa shape index (κ2) is 12.1. The van der Waals surface area contributed by atoms with Crippen LogP contribution in [-0.2, 0) is 14.3 Å². The Hall–Kier alpha value is -3.59. The summed E-state index contributed by atoms with van der Waals surface area (Å²) in [6, 6.07) is 10.8. The molecule has 0 fully saturated rings. The van der Waals surface area contributed by atoms with Crippen molar-refractivity contribution in [2.24, 2.45) is 0 Å². The largest absolute Gasteiger partial charge is 0.508 e. The molecule has 0 aliphatic rings. The number of rotatable bonds is 9. The third-order valence-electron chi connectivity index (χ3n) is 6.04. The molecule has 2 aromatic rings. The lowest BCUT2D eigenvalue weighted by molar-refractivity contribution is -0.148. The predicted octanol–water partition coefficient (Wildman–Crippen LogP) is 4.28. The summed E-state index contributed by atoms with van der Waals surface area (Å²) in [5, 5.41) is 25.3. The fraction of sp³-hybridized carbons (Fsp3) is 0.464. The lowest BCUT2D eigenvalue weighted by atomic mass is 9.92. The van der Waals surface area contributed by atoms with Gasteiger partial charge in [-0.25, -0.2) is 4.79 Å². The van der Waals surface area contributed by atoms with Crippen LogP contribution < -0.4 is 10.6 Å². The number of nitrogens with one attached hydrogen (secondary N) is 2. The Morgan fingerprint density at radius 2 is 1.59 bits per heavy atom. The highest BCUT2D eigenvalue weighted by atomic mass is 16.6. The standard InChI is InChI=1S/C28H39N3O6/c1-8-28(6,7)31(25(35)22(17-32)30-26(36)37-27(3,4)5)23(19-13-15-20(33)16-14-19)24(34)29-21-12-10-9-11-18(21)2/h9-16,22-23,32-33H,8,17H2,1-7H3,(H,29,34)(H,30,36). The Balaban J connectivity index is 2.57. The Labute approximate surface area is 218 Å². The number of hydrogen-bond acceptors (Lipinski definition) is 6. The van der Waals surface area contributed by atoms with E-state index in [1.165, 1.54) is 17.0 Å². The topological polar surface area (TPSA) is 128 Å². The van der Waals surface area contributed by atoms with Crippen molar-refractivity contribution in [1.29, 1.82) is 0 Å². The zero-order chi connectivity index (χ0) is 28.0. The van der Waals surface area contributed by atoms with Gasteiger partial charge in [-0.2, -0.15) is 0 Å². The molecule has 9 nitrogen and oxygen atoms in total. The van der Waals surface area contributed by atoms with E-state index in [-0.39, 0.29) is 5.75 Å². The van der Waals surface area contributed by atoms with Gasteiger partial charge in [0.25, 0.3) is 5.91 Å². The van der Waals surface area contributed by atoms with Crippen LogP contribution in [0.15, 0.2) is 48.5 Å². The molecular formula is C28H39N3O6. The number of amides is 3. The Kier molecular flexibility index (Phi) is 9.69. The highest BCUT2D eigenvalue weighted by Crippen LogP contribution is 2.34. The fourth-order valence-corrected chi connectivity index (χ4v) is 3.74. The molecule has 0 saturated heterocycles. The molecule has 2 atom stereocenters. The van der Waals surface area contributed by atoms with Crippen LogP contribution in [0, 0.1) is 6.92 Å². The molecule has 9 heteroatoms. The summed E-state index contributed by atoms with van der Waals surface area (Å²) in [4.78, 5) is 41.6. The maximum Gasteiger partial charge on any atom is 0.408 e. The summed E-state index contributed by atoms with van der Waals surface area (Å²) in [6.45, 7) is 11.7. The van der Waals surface area contributed by atoms with Gasteiger partial charge in [0.15, 0.2) is 0 Å². The molecule has 0 aromatic heterocycles. The highest BCUT2D eigenvalue weighted by molar-refractivity contribution is 5.99. The van der Waals surface area contributed by atoms with Crippen LogP contribution in [0.5, 0.6) is 5.75 Å². The highest BCUT2D eigenvalue weighted by Gasteiger charge is 2.43. The van der Waals surface area contributed by atoms with Crippen molar-refractivity contribution in [1.82, 2.24) is 10.2 Å². The third kappa shape index (κ3) is 7.95. The number of benzene rings is 2. The smallest absolute Gasteiger partial charge is 0.408 e. The zero-order valence-corrected chi connectivity index (χ0v) is 22.7. The van der Waals surface area contributed by atoms with Crippen LogP contribution in [-0.4, -0.2) is 56.8 Å². The van der Waals surface area contributed by atoms with Gasteiger partial charge in [-0.15, -0.1) is 0 Å². The Morgan fingerprint density at radius 1 is 1.00 bits per heavy atom. The summed E-state index contributed by atoms with van der Waals surface area (Å²) >= 11 is 0. The van der Waals surface area contributed by atoms with E-state index >= 15 is 0 Å². The van der Waals surface area contributed by atoms with Crippen LogP contribution in [0.25, 0.3) is 0 Å². The second-order valence-corrected chi connectivity index (χ2v) is 10.6. The number of nitrogens with zero attached hydrogens (tertiary/aromatic N) is 1. The van der Waals surface area contributed by atoms with Crippen molar-refractivity contribution in [2.45, 2.75) is 78.1 Å². The van der Waals surface area contributed by atoms with Gasteiger partial charge in [0.1, 0.15) is 23.4 Å². The lowest BCUT2D eigenvalue weighted by Gasteiger charge is -2.44. The number of aryl methyl sites for hydroxylation is 1. The van der Waals surface area contributed by atoms with Crippen LogP contribution in [0.4, 0.5) is 10.5 Å². The van der Waals surface area contributed by atoms with Crippen LogP contribution in [0.2, 0.25) is 0 Å². The maximum absolute atomic E-state index is 14.0. The molecule has 4 N–H and O–H groups in total. The molecule has 0 bridgehead atoms. The van der Waals surface area contributed by atoms with Gasteiger partial charge in [0, 0.05) is 11.2 Å². The van der Waals surface area contributed by atoms with Crippen molar-refractivity contribution in [3.8, 4) is 5.75 Å². The SMILES string of the molecule is CCC(C)(C)N(C(=O)C(CO)NC(=O)OC(C)(C)C)C(C(=O)Nc1ccccc1C)c1ccc(O)cc1. The summed E-state index contributed by atoms with van der Waals surface area (Å²) < 4.78 is 5.27. The molecule has 37 heavy (non-hydrogen) atoms. The molecule has 2 aromatic carbocycles. The van der Waals surface area contributed by atoms with Crippen LogP contribution >= 0.6 is 0 Å². The van der Waals surface area contributed by atoms with E-state index < -0.39 is 47.7 Å². The monoisotopic (exact) mass is 513 g/mol. The van der Waals surface area contributed by atoms with E-state index in [1.807, 2.05) is 26.0 Å². The number of aromatic hydroxyl groups is 1. The van der Waals surface area contributed by atoms with E-state index in [1.54, 1.807) is 58.9 Å². The van der Waals surface area contributed by atoms with Gasteiger partial charge >= 0.3 is 6.09 Å². The molecule has 0 radical (unpaired) electrons. The van der Waals surface area contributed by atoms with Gasteiger partial charge in [-0.3, -0.25) is 9.59 Å². The first kappa shape index (κ1) is 29.6. The minimum Gasteiger partial charge on any atom is -0.508 e. The number of aliphatic hydroxyl groups is 1. The summed E-state index contributed by atoms with van der Waals surface area (Å²) in [7, 11) is 0. The number of anilines is 1. The minimum atomic E-state index is -1.36. The first-order chi connectivity index (χ1) is 17.2. The van der Waals surface area contributed by atoms with Crippen LogP contribution in [0.3, 0.4) is 0 Å². The molecule has 0 heterocycles. The number of aliphatic hydroxyl groups excluding tert-OH is 1. The maximum atomic E-state index is 14.0. The molecule has 2 unspecified atom stereocenters. The number of para-hydroxylation sites is 1. The van der Waals surface area contributed by atoms with Crippen molar-refractivity contribution in [3.05, 3.63) is 59.7 Å². The molecule has 202 valence electrons. The average molecular weight is 514 g/mol. The first-order valence-electron chi connectivity index (χ1n) is 12.3. The van der Waals surface area contributed by atoms with E-state index in [4.69, 9.17) is 4.74 Å². The molecule has 0 spiro atoms. The number of hydrogen-bond donors (Lipinski definition) is 4. The van der Waals surface area contributed by atoms with Gasteiger partial charge in [-0.05, 0) is 77.3 Å². The summed E-state index contributed by atoms with van der Waals surface area (Å²) in [6.07, 6.45) is -0.394. The van der Waals surface area contributed by atoms with Crippen molar-refractivity contribution in [3.63, 3.8) is 0 Å². The minimum absolute atomic E-state index is 0.00858. The number of carbonyl (C=O) groups is 3. The van der Waals surface area contributed by atoms with E-state index in [0.717, 1.165) is 5.56 Å². The van der Waals surface area contributed by atoms with Crippen LogP contribution in [0.1, 0.15) is 65.1 Å². The Bertz CT molecular complexity index is 1090. The van der Waals surface area contributed by atoms with Crippen molar-refractivity contribution < 1.29 is 29.3 Å². The molecule has 0 saturated carbocycles. The molecule has 0 aliphatic heterocycles. The van der Waals surface area contributed by atoms with E-state index in [0.29, 0.717) is 17.7 Å². The Morgan fingerprint density at radius 3 is 2.11 bits per heavy atom. The molecular weight excluding hydrogens is 474 g/mol. The van der Waals surface area contributed by atoms with E-state index in [2.05, 4.69) is 10.6 Å². The van der Waals surface area contributed by atoms with Gasteiger partial charge in [-0.1, -0.05) is 37.3 Å². The second-order valence-electron chi connectivity index (χ2n) is 10.6. The summed E-state index contributed by atoms with van der Waals surface area (Å²) in [5.74, 6) is -1.13. The number of carbonyl (C=O) groups excluding carboxylic acids is 3. The lowest BCUT2D eigenvalue weighted by Crippen LogP contribution is -2.59. The van der Waals surface area contributed by atoms with Gasteiger partial charge in [0.05, 0.1) is 6.61 Å². The van der Waals surface area contributed by atoms with Crippen molar-refractivity contribution >= 4 is 23.6 Å². The fourth-order valence-electron chi connectivity index (χ4n) is 3.74. The average Bonchev–Trinajstić information content (AvgIpc) is 2.81.